The molecule has 1 aliphatic rings. The Morgan fingerprint density at radius 3 is 2.22 bits per heavy atom. The number of aromatic carboxylic acids is 1. The number of hydrogen-bond donors (Lipinski definition) is 1. The number of amides is 1. The first-order valence-electron chi connectivity index (χ1n) is 12.6. The molecule has 1 fully saturated rings. The second kappa shape index (κ2) is 13.1. The van der Waals surface area contributed by atoms with E-state index in [9.17, 15) is 9.59 Å². The van der Waals surface area contributed by atoms with Gasteiger partial charge in [0.05, 0.1) is 28.6 Å². The number of carbonyl (C=O) groups is 2. The number of nitrogens with zero attached hydrogens (tertiary/aromatic N) is 2. The highest BCUT2D eigenvalue weighted by molar-refractivity contribution is 8.18. The average molecular weight is 604 g/mol. The van der Waals surface area contributed by atoms with Gasteiger partial charge in [-0.1, -0.05) is 96.0 Å². The fourth-order valence-corrected chi connectivity index (χ4v) is 5.68. The molecule has 0 atom stereocenters. The van der Waals surface area contributed by atoms with Crippen LogP contribution < -0.4 is 4.74 Å². The second-order valence-corrected chi connectivity index (χ2v) is 11.0. The predicted molar refractivity (Wildman–Crippen MR) is 164 cm³/mol. The maximum absolute atomic E-state index is 13.7. The number of carboxylic acid groups (broad SMARTS) is 1. The third-order valence-electron chi connectivity index (χ3n) is 6.22. The van der Waals surface area contributed by atoms with Gasteiger partial charge >= 0.3 is 5.97 Å². The molecule has 1 N–H and O–H groups in total. The lowest BCUT2D eigenvalue weighted by Crippen LogP contribution is -2.28. The molecule has 4 aromatic carbocycles. The molecule has 0 aromatic heterocycles. The quantitative estimate of drug-likeness (QED) is 0.197. The summed E-state index contributed by atoms with van der Waals surface area (Å²) in [6, 6.07) is 29.3. The molecule has 1 amide bonds. The maximum Gasteiger partial charge on any atom is 0.335 e. The van der Waals surface area contributed by atoms with Crippen molar-refractivity contribution in [1.29, 1.82) is 0 Å². The Balaban J connectivity index is 1.44. The first kappa shape index (κ1) is 28.5. The molecule has 6 nitrogen and oxygen atoms in total. The Morgan fingerprint density at radius 1 is 0.902 bits per heavy atom. The molecule has 4 aromatic rings. The van der Waals surface area contributed by atoms with E-state index in [1.807, 2.05) is 60.7 Å². The van der Waals surface area contributed by atoms with E-state index in [0.29, 0.717) is 44.5 Å². The van der Waals surface area contributed by atoms with Crippen molar-refractivity contribution < 1.29 is 19.4 Å². The molecule has 0 radical (unpaired) electrons. The van der Waals surface area contributed by atoms with Gasteiger partial charge in [-0.3, -0.25) is 14.7 Å². The van der Waals surface area contributed by atoms with Crippen molar-refractivity contribution in [3.8, 4) is 5.75 Å². The molecule has 206 valence electrons. The minimum atomic E-state index is -1.00. The van der Waals surface area contributed by atoms with Crippen LogP contribution in [0.2, 0.25) is 10.0 Å². The maximum atomic E-state index is 13.7. The zero-order valence-corrected chi connectivity index (χ0v) is 24.0. The van der Waals surface area contributed by atoms with Crippen molar-refractivity contribution >= 4 is 58.1 Å². The zero-order chi connectivity index (χ0) is 28.8. The van der Waals surface area contributed by atoms with Crippen LogP contribution in [0.25, 0.3) is 6.08 Å². The SMILES string of the molecule is O=C(O)c1ccc(COc2c(Cl)cc(Cl)cc2/C=C2/SC(=NCc3ccccc3)N(Cc3ccccc3)C2=O)cc1. The summed E-state index contributed by atoms with van der Waals surface area (Å²) in [5, 5.41) is 10.4. The number of thioether (sulfide) groups is 1. The number of halogens is 2. The van der Waals surface area contributed by atoms with E-state index in [4.69, 9.17) is 38.0 Å². The van der Waals surface area contributed by atoms with Gasteiger partial charge in [-0.2, -0.15) is 0 Å². The van der Waals surface area contributed by atoms with E-state index in [-0.39, 0.29) is 18.1 Å². The van der Waals surface area contributed by atoms with Crippen LogP contribution in [0.5, 0.6) is 5.75 Å². The number of carboxylic acids is 1. The second-order valence-electron chi connectivity index (χ2n) is 9.17. The van der Waals surface area contributed by atoms with Crippen molar-refractivity contribution in [2.45, 2.75) is 19.7 Å². The number of carbonyl (C=O) groups excluding carboxylic acids is 1. The van der Waals surface area contributed by atoms with Gasteiger partial charge in [0.2, 0.25) is 0 Å². The Bertz CT molecular complexity index is 1630. The van der Waals surface area contributed by atoms with Crippen molar-refractivity contribution in [3.63, 3.8) is 0 Å². The minimum absolute atomic E-state index is 0.141. The monoisotopic (exact) mass is 602 g/mol. The Kier molecular flexibility index (Phi) is 9.09. The fourth-order valence-electron chi connectivity index (χ4n) is 4.15. The molecule has 0 bridgehead atoms. The number of rotatable bonds is 9. The Hall–Kier alpha value is -4.04. The van der Waals surface area contributed by atoms with Crippen LogP contribution in [0, 0.1) is 0 Å². The third-order valence-corrected chi connectivity index (χ3v) is 7.76. The number of hydrogen-bond acceptors (Lipinski definition) is 5. The van der Waals surface area contributed by atoms with Crippen LogP contribution in [0.4, 0.5) is 0 Å². The smallest absolute Gasteiger partial charge is 0.335 e. The molecule has 1 saturated heterocycles. The van der Waals surface area contributed by atoms with Gasteiger partial charge in [0.25, 0.3) is 5.91 Å². The summed E-state index contributed by atoms with van der Waals surface area (Å²) >= 11 is 14.2. The van der Waals surface area contributed by atoms with Gasteiger partial charge in [0, 0.05) is 10.6 Å². The molecule has 0 aliphatic carbocycles. The molecule has 1 aliphatic heterocycles. The number of aliphatic imine (C=N–C) groups is 1. The predicted octanol–water partition coefficient (Wildman–Crippen LogP) is 7.94. The highest BCUT2D eigenvalue weighted by atomic mass is 35.5. The summed E-state index contributed by atoms with van der Waals surface area (Å²) in [5.74, 6) is -0.820. The lowest BCUT2D eigenvalue weighted by molar-refractivity contribution is -0.122. The summed E-state index contributed by atoms with van der Waals surface area (Å²) in [4.78, 5) is 31.8. The Labute approximate surface area is 251 Å². The van der Waals surface area contributed by atoms with E-state index in [1.165, 1.54) is 23.9 Å². The molecule has 0 unspecified atom stereocenters. The lowest BCUT2D eigenvalue weighted by atomic mass is 10.1. The molecular formula is C32H24Cl2N2O4S. The standard InChI is InChI=1S/C32H24Cl2N2O4S/c33-26-15-25(29(27(34)17-26)40-20-23-11-13-24(14-12-23)31(38)39)16-28-30(37)36(19-22-9-5-2-6-10-22)32(41-28)35-18-21-7-3-1-4-8-21/h1-17H,18-20H2,(H,38,39)/b28-16+,35-32?. The van der Waals surface area contributed by atoms with Gasteiger partial charge in [-0.15, -0.1) is 0 Å². The molecule has 9 heteroatoms. The van der Waals surface area contributed by atoms with Gasteiger partial charge < -0.3 is 9.84 Å². The van der Waals surface area contributed by atoms with Gasteiger partial charge in [-0.05, 0) is 58.8 Å². The summed E-state index contributed by atoms with van der Waals surface area (Å²) in [6.07, 6.45) is 1.72. The molecule has 5 rings (SSSR count). The van der Waals surface area contributed by atoms with Gasteiger partial charge in [0.15, 0.2) is 5.17 Å². The molecular weight excluding hydrogens is 579 g/mol. The first-order valence-corrected chi connectivity index (χ1v) is 14.2. The summed E-state index contributed by atoms with van der Waals surface area (Å²) in [5.41, 5.74) is 3.52. The third kappa shape index (κ3) is 7.19. The van der Waals surface area contributed by atoms with E-state index in [0.717, 1.165) is 16.7 Å². The van der Waals surface area contributed by atoms with Crippen molar-refractivity contribution in [3.05, 3.63) is 140 Å². The Morgan fingerprint density at radius 2 is 1.56 bits per heavy atom. The lowest BCUT2D eigenvalue weighted by Gasteiger charge is -2.16. The normalized spacial score (nSPS) is 15.1. The van der Waals surface area contributed by atoms with Crippen molar-refractivity contribution in [2.75, 3.05) is 0 Å². The highest BCUT2D eigenvalue weighted by Crippen LogP contribution is 2.39. The van der Waals surface area contributed by atoms with Crippen molar-refractivity contribution in [2.24, 2.45) is 4.99 Å². The van der Waals surface area contributed by atoms with Gasteiger partial charge in [0.1, 0.15) is 12.4 Å². The van der Waals surface area contributed by atoms with E-state index < -0.39 is 5.97 Å². The molecule has 41 heavy (non-hydrogen) atoms. The molecule has 1 heterocycles. The van der Waals surface area contributed by atoms with Crippen LogP contribution in [-0.2, 0) is 24.5 Å². The van der Waals surface area contributed by atoms with Crippen LogP contribution >= 0.6 is 35.0 Å². The van der Waals surface area contributed by atoms with Crippen LogP contribution in [0.1, 0.15) is 32.6 Å². The number of amidine groups is 1. The average Bonchev–Trinajstić information content (AvgIpc) is 3.26. The minimum Gasteiger partial charge on any atom is -0.487 e. The highest BCUT2D eigenvalue weighted by Gasteiger charge is 2.33. The van der Waals surface area contributed by atoms with Crippen LogP contribution in [-0.4, -0.2) is 27.1 Å². The summed E-state index contributed by atoms with van der Waals surface area (Å²) in [7, 11) is 0. The van der Waals surface area contributed by atoms with Crippen LogP contribution in [0.15, 0.2) is 107 Å². The number of benzene rings is 4. The topological polar surface area (TPSA) is 79.2 Å². The zero-order valence-electron chi connectivity index (χ0n) is 21.7. The van der Waals surface area contributed by atoms with E-state index in [2.05, 4.69) is 0 Å². The largest absolute Gasteiger partial charge is 0.487 e. The van der Waals surface area contributed by atoms with Crippen molar-refractivity contribution in [1.82, 2.24) is 4.90 Å². The number of ether oxygens (including phenoxy) is 1. The molecule has 0 saturated carbocycles. The molecule has 0 spiro atoms. The summed E-state index contributed by atoms with van der Waals surface area (Å²) in [6.45, 7) is 0.957. The van der Waals surface area contributed by atoms with Crippen LogP contribution in [0.3, 0.4) is 0 Å². The fraction of sp³-hybridized carbons (Fsp3) is 0.0938. The van der Waals surface area contributed by atoms with E-state index in [1.54, 1.807) is 35.2 Å². The summed E-state index contributed by atoms with van der Waals surface area (Å²) < 4.78 is 6.06. The van der Waals surface area contributed by atoms with E-state index >= 15 is 0 Å². The van der Waals surface area contributed by atoms with Gasteiger partial charge in [-0.25, -0.2) is 4.79 Å². The first-order chi connectivity index (χ1) is 19.9.